The number of aliphatic hydroxyl groups excluding tert-OH is 1. The van der Waals surface area contributed by atoms with E-state index >= 15 is 0 Å². The van der Waals surface area contributed by atoms with Crippen LogP contribution in [-0.2, 0) is 9.84 Å². The van der Waals surface area contributed by atoms with E-state index in [4.69, 9.17) is 0 Å². The summed E-state index contributed by atoms with van der Waals surface area (Å²) in [5.41, 5.74) is 0.930. The van der Waals surface area contributed by atoms with Gasteiger partial charge in [0.2, 0.25) is 0 Å². The molecule has 1 aromatic carbocycles. The highest BCUT2D eigenvalue weighted by molar-refractivity contribution is 7.91. The summed E-state index contributed by atoms with van der Waals surface area (Å²) in [7, 11) is -3.14. The molecular weight excluding hydrogens is 250 g/mol. The van der Waals surface area contributed by atoms with Crippen LogP contribution in [0.1, 0.15) is 31.4 Å². The lowest BCUT2D eigenvalue weighted by molar-refractivity contribution is 0.243. The van der Waals surface area contributed by atoms with E-state index in [-0.39, 0.29) is 18.4 Å². The van der Waals surface area contributed by atoms with Gasteiger partial charge in [0, 0.05) is 6.04 Å². The fourth-order valence-corrected chi connectivity index (χ4v) is 2.75. The molecule has 0 spiro atoms. The van der Waals surface area contributed by atoms with Crippen LogP contribution in [0.15, 0.2) is 29.2 Å². The Kier molecular flexibility index (Phi) is 4.04. The molecule has 0 saturated heterocycles. The van der Waals surface area contributed by atoms with E-state index in [1.807, 2.05) is 0 Å². The molecule has 1 aromatic rings. The van der Waals surface area contributed by atoms with E-state index in [1.54, 1.807) is 31.2 Å². The molecule has 1 aliphatic carbocycles. The van der Waals surface area contributed by atoms with Crippen LogP contribution in [0.5, 0.6) is 0 Å². The molecule has 1 fully saturated rings. The van der Waals surface area contributed by atoms with Gasteiger partial charge in [0.1, 0.15) is 0 Å². The zero-order valence-corrected chi connectivity index (χ0v) is 11.3. The maximum absolute atomic E-state index is 11.7. The number of hydrogen-bond acceptors (Lipinski definition) is 4. The summed E-state index contributed by atoms with van der Waals surface area (Å²) in [6, 6.07) is 7.19. The van der Waals surface area contributed by atoms with Crippen LogP contribution in [0.4, 0.5) is 0 Å². The SMILES string of the molecule is CCS(=O)(=O)c1ccc(C(CO)NC2CC2)cc1. The number of rotatable bonds is 6. The van der Waals surface area contributed by atoms with Crippen molar-refractivity contribution in [2.75, 3.05) is 12.4 Å². The Bertz CT molecular complexity index is 491. The molecule has 0 heterocycles. The molecule has 1 aliphatic rings. The van der Waals surface area contributed by atoms with E-state index in [0.717, 1.165) is 18.4 Å². The van der Waals surface area contributed by atoms with E-state index in [9.17, 15) is 13.5 Å². The minimum Gasteiger partial charge on any atom is -0.394 e. The highest BCUT2D eigenvalue weighted by Gasteiger charge is 2.25. The van der Waals surface area contributed by atoms with Gasteiger partial charge in [0.05, 0.1) is 23.3 Å². The standard InChI is InChI=1S/C13H19NO3S/c1-2-18(16,17)12-7-3-10(4-8-12)13(9-15)14-11-5-6-11/h3-4,7-8,11,13-15H,2,5-6,9H2,1H3. The van der Waals surface area contributed by atoms with Crippen molar-refractivity contribution in [2.45, 2.75) is 36.7 Å². The Hall–Kier alpha value is -0.910. The number of sulfone groups is 1. The van der Waals surface area contributed by atoms with Crippen LogP contribution in [0.25, 0.3) is 0 Å². The van der Waals surface area contributed by atoms with Crippen LogP contribution >= 0.6 is 0 Å². The Morgan fingerprint density at radius 2 is 1.94 bits per heavy atom. The normalized spacial score (nSPS) is 17.7. The minimum absolute atomic E-state index is 0.0242. The molecule has 0 aromatic heterocycles. The Balaban J connectivity index is 2.15. The molecule has 0 bridgehead atoms. The molecule has 0 radical (unpaired) electrons. The first-order chi connectivity index (χ1) is 8.56. The first kappa shape index (κ1) is 13.5. The molecule has 1 atom stereocenters. The van der Waals surface area contributed by atoms with E-state index in [0.29, 0.717) is 10.9 Å². The average molecular weight is 269 g/mol. The Morgan fingerprint density at radius 1 is 1.33 bits per heavy atom. The van der Waals surface area contributed by atoms with Crippen LogP contribution < -0.4 is 5.32 Å². The zero-order valence-electron chi connectivity index (χ0n) is 10.5. The predicted octanol–water partition coefficient (Wildman–Crippen LogP) is 1.27. The molecule has 18 heavy (non-hydrogen) atoms. The third-order valence-corrected chi connectivity index (χ3v) is 4.97. The molecule has 0 amide bonds. The smallest absolute Gasteiger partial charge is 0.178 e. The molecule has 2 N–H and O–H groups in total. The van der Waals surface area contributed by atoms with Gasteiger partial charge in [-0.1, -0.05) is 19.1 Å². The van der Waals surface area contributed by atoms with Crippen LogP contribution in [0.3, 0.4) is 0 Å². The fraction of sp³-hybridized carbons (Fsp3) is 0.538. The van der Waals surface area contributed by atoms with Crippen molar-refractivity contribution >= 4 is 9.84 Å². The second-order valence-corrected chi connectivity index (χ2v) is 6.93. The largest absolute Gasteiger partial charge is 0.394 e. The minimum atomic E-state index is -3.14. The highest BCUT2D eigenvalue weighted by Crippen LogP contribution is 2.24. The lowest BCUT2D eigenvalue weighted by Gasteiger charge is -2.16. The topological polar surface area (TPSA) is 66.4 Å². The van der Waals surface area contributed by atoms with Gasteiger partial charge in [0.25, 0.3) is 0 Å². The van der Waals surface area contributed by atoms with Crippen molar-refractivity contribution < 1.29 is 13.5 Å². The monoisotopic (exact) mass is 269 g/mol. The summed E-state index contributed by atoms with van der Waals surface area (Å²) in [6.45, 7) is 1.66. The van der Waals surface area contributed by atoms with Gasteiger partial charge < -0.3 is 10.4 Å². The van der Waals surface area contributed by atoms with Gasteiger partial charge in [-0.3, -0.25) is 0 Å². The van der Waals surface area contributed by atoms with Gasteiger partial charge in [-0.25, -0.2) is 8.42 Å². The van der Waals surface area contributed by atoms with Gasteiger partial charge in [-0.05, 0) is 30.5 Å². The maximum atomic E-state index is 11.7. The number of nitrogens with one attached hydrogen (secondary N) is 1. The van der Waals surface area contributed by atoms with Crippen LogP contribution in [0.2, 0.25) is 0 Å². The predicted molar refractivity (Wildman–Crippen MR) is 70.2 cm³/mol. The molecule has 5 heteroatoms. The van der Waals surface area contributed by atoms with Gasteiger partial charge >= 0.3 is 0 Å². The highest BCUT2D eigenvalue weighted by atomic mass is 32.2. The summed E-state index contributed by atoms with van der Waals surface area (Å²) >= 11 is 0. The van der Waals surface area contributed by atoms with Crippen molar-refractivity contribution in [3.8, 4) is 0 Å². The quantitative estimate of drug-likeness (QED) is 0.816. The lowest BCUT2D eigenvalue weighted by Crippen LogP contribution is -2.26. The summed E-state index contributed by atoms with van der Waals surface area (Å²) in [4.78, 5) is 0.344. The summed E-state index contributed by atoms with van der Waals surface area (Å²) in [6.07, 6.45) is 2.30. The maximum Gasteiger partial charge on any atom is 0.178 e. The number of hydrogen-bond donors (Lipinski definition) is 2. The van der Waals surface area contributed by atoms with Crippen molar-refractivity contribution in [2.24, 2.45) is 0 Å². The molecule has 2 rings (SSSR count). The van der Waals surface area contributed by atoms with E-state index in [2.05, 4.69) is 5.32 Å². The van der Waals surface area contributed by atoms with Crippen molar-refractivity contribution in [3.05, 3.63) is 29.8 Å². The average Bonchev–Trinajstić information content (AvgIpc) is 3.20. The number of benzene rings is 1. The molecule has 100 valence electrons. The first-order valence-electron chi connectivity index (χ1n) is 6.26. The number of aliphatic hydroxyl groups is 1. The second kappa shape index (κ2) is 5.38. The van der Waals surface area contributed by atoms with Crippen molar-refractivity contribution in [1.82, 2.24) is 5.32 Å². The Morgan fingerprint density at radius 3 is 2.39 bits per heavy atom. The summed E-state index contributed by atoms with van der Waals surface area (Å²) in [5, 5.41) is 12.7. The molecule has 0 aliphatic heterocycles. The van der Waals surface area contributed by atoms with Crippen molar-refractivity contribution in [3.63, 3.8) is 0 Å². The van der Waals surface area contributed by atoms with E-state index < -0.39 is 9.84 Å². The first-order valence-corrected chi connectivity index (χ1v) is 7.91. The molecule has 1 unspecified atom stereocenters. The van der Waals surface area contributed by atoms with E-state index in [1.165, 1.54) is 0 Å². The molecule has 4 nitrogen and oxygen atoms in total. The summed E-state index contributed by atoms with van der Waals surface area (Å²) in [5.74, 6) is 0.107. The van der Waals surface area contributed by atoms with Gasteiger partial charge in [-0.15, -0.1) is 0 Å². The fourth-order valence-electron chi connectivity index (χ4n) is 1.86. The molecule has 1 saturated carbocycles. The third kappa shape index (κ3) is 3.10. The molecular formula is C13H19NO3S. The van der Waals surface area contributed by atoms with Crippen LogP contribution in [0, 0.1) is 0 Å². The van der Waals surface area contributed by atoms with Gasteiger partial charge in [-0.2, -0.15) is 0 Å². The van der Waals surface area contributed by atoms with Gasteiger partial charge in [0.15, 0.2) is 9.84 Å². The van der Waals surface area contributed by atoms with Crippen molar-refractivity contribution in [1.29, 1.82) is 0 Å². The Labute approximate surface area is 108 Å². The summed E-state index contributed by atoms with van der Waals surface area (Å²) < 4.78 is 23.3. The zero-order chi connectivity index (χ0) is 13.2. The lowest BCUT2D eigenvalue weighted by atomic mass is 10.1. The second-order valence-electron chi connectivity index (χ2n) is 4.65. The van der Waals surface area contributed by atoms with Crippen LogP contribution in [-0.4, -0.2) is 31.9 Å². The third-order valence-electron chi connectivity index (χ3n) is 3.22.